The summed E-state index contributed by atoms with van der Waals surface area (Å²) < 4.78 is 5.25. The third kappa shape index (κ3) is 2.60. The Labute approximate surface area is 139 Å². The number of nitrogens with zero attached hydrogens (tertiary/aromatic N) is 3. The number of aromatic amines is 1. The van der Waals surface area contributed by atoms with Crippen LogP contribution in [0.15, 0.2) is 41.1 Å². The van der Waals surface area contributed by atoms with Crippen LogP contribution in [-0.2, 0) is 19.4 Å². The number of rotatable bonds is 3. The molecule has 1 N–H and O–H groups in total. The van der Waals surface area contributed by atoms with Crippen LogP contribution in [0.3, 0.4) is 0 Å². The zero-order chi connectivity index (χ0) is 16.5. The SMILES string of the molecule is Cc1ncoc1C(=O)N1CCc2[nH]nc(Cc3ccccc3)c2C1. The minimum atomic E-state index is -0.109. The summed E-state index contributed by atoms with van der Waals surface area (Å²) in [5, 5.41) is 7.60. The van der Waals surface area contributed by atoms with Crippen molar-refractivity contribution < 1.29 is 9.21 Å². The number of benzene rings is 1. The molecule has 1 aliphatic rings. The monoisotopic (exact) mass is 322 g/mol. The average Bonchev–Trinajstić information content (AvgIpc) is 3.21. The number of aromatic nitrogens is 3. The predicted octanol–water partition coefficient (Wildman–Crippen LogP) is 2.50. The van der Waals surface area contributed by atoms with Gasteiger partial charge in [-0.2, -0.15) is 5.10 Å². The molecule has 6 heteroatoms. The Balaban J connectivity index is 1.57. The number of oxazole rings is 1. The van der Waals surface area contributed by atoms with Gasteiger partial charge < -0.3 is 9.32 Å². The average molecular weight is 322 g/mol. The van der Waals surface area contributed by atoms with E-state index in [-0.39, 0.29) is 5.91 Å². The first-order valence-electron chi connectivity index (χ1n) is 8.00. The molecular formula is C18H18N4O2. The number of H-pyrrole nitrogens is 1. The quantitative estimate of drug-likeness (QED) is 0.804. The molecule has 0 radical (unpaired) electrons. The third-order valence-corrected chi connectivity index (χ3v) is 4.46. The molecule has 0 saturated heterocycles. The molecule has 0 saturated carbocycles. The lowest BCUT2D eigenvalue weighted by molar-refractivity contribution is 0.0700. The van der Waals surface area contributed by atoms with Crippen molar-refractivity contribution in [1.29, 1.82) is 0 Å². The first kappa shape index (κ1) is 14.7. The minimum Gasteiger partial charge on any atom is -0.438 e. The molecule has 0 spiro atoms. The van der Waals surface area contributed by atoms with Crippen LogP contribution >= 0.6 is 0 Å². The fourth-order valence-corrected chi connectivity index (χ4v) is 3.11. The molecule has 4 rings (SSSR count). The lowest BCUT2D eigenvalue weighted by Crippen LogP contribution is -2.36. The normalized spacial score (nSPS) is 13.8. The van der Waals surface area contributed by atoms with Crippen molar-refractivity contribution in [3.8, 4) is 0 Å². The molecule has 2 aromatic heterocycles. The molecule has 3 heterocycles. The second-order valence-corrected chi connectivity index (χ2v) is 6.03. The van der Waals surface area contributed by atoms with Gasteiger partial charge in [0.1, 0.15) is 0 Å². The molecular weight excluding hydrogens is 304 g/mol. The molecule has 6 nitrogen and oxygen atoms in total. The Hall–Kier alpha value is -2.89. The number of hydrogen-bond acceptors (Lipinski definition) is 4. The Kier molecular flexibility index (Phi) is 3.65. The first-order chi connectivity index (χ1) is 11.7. The standard InChI is InChI=1S/C18H18N4O2/c1-12-17(24-11-19-12)18(23)22-8-7-15-14(10-22)16(21-20-15)9-13-5-3-2-4-6-13/h2-6,11H,7-10H2,1H3,(H,20,21). The fourth-order valence-electron chi connectivity index (χ4n) is 3.11. The van der Waals surface area contributed by atoms with E-state index in [0.29, 0.717) is 24.5 Å². The largest absolute Gasteiger partial charge is 0.438 e. The van der Waals surface area contributed by atoms with Crippen LogP contribution in [0.5, 0.6) is 0 Å². The first-order valence-corrected chi connectivity index (χ1v) is 8.00. The molecule has 0 aliphatic carbocycles. The highest BCUT2D eigenvalue weighted by molar-refractivity contribution is 5.92. The van der Waals surface area contributed by atoms with Gasteiger partial charge in [0, 0.05) is 37.2 Å². The van der Waals surface area contributed by atoms with Crippen LogP contribution in [0, 0.1) is 6.92 Å². The van der Waals surface area contributed by atoms with E-state index < -0.39 is 0 Å². The summed E-state index contributed by atoms with van der Waals surface area (Å²) >= 11 is 0. The van der Waals surface area contributed by atoms with Crippen molar-refractivity contribution in [2.24, 2.45) is 0 Å². The van der Waals surface area contributed by atoms with E-state index >= 15 is 0 Å². The zero-order valence-electron chi connectivity index (χ0n) is 13.5. The zero-order valence-corrected chi connectivity index (χ0v) is 13.5. The molecule has 1 amide bonds. The van der Waals surface area contributed by atoms with Crippen LogP contribution in [0.4, 0.5) is 0 Å². The fraction of sp³-hybridized carbons (Fsp3) is 0.278. The lowest BCUT2D eigenvalue weighted by Gasteiger charge is -2.26. The summed E-state index contributed by atoms with van der Waals surface area (Å²) in [7, 11) is 0. The van der Waals surface area contributed by atoms with E-state index in [0.717, 1.165) is 29.8 Å². The Morgan fingerprint density at radius 3 is 2.92 bits per heavy atom. The van der Waals surface area contributed by atoms with E-state index in [1.165, 1.54) is 12.0 Å². The molecule has 24 heavy (non-hydrogen) atoms. The van der Waals surface area contributed by atoms with E-state index in [1.54, 1.807) is 11.8 Å². The Morgan fingerprint density at radius 1 is 1.33 bits per heavy atom. The molecule has 1 aliphatic heterocycles. The van der Waals surface area contributed by atoms with Crippen molar-refractivity contribution in [1.82, 2.24) is 20.1 Å². The Bertz CT molecular complexity index is 866. The van der Waals surface area contributed by atoms with Gasteiger partial charge in [0.2, 0.25) is 5.76 Å². The van der Waals surface area contributed by atoms with E-state index in [9.17, 15) is 4.79 Å². The van der Waals surface area contributed by atoms with Crippen LogP contribution in [-0.4, -0.2) is 32.5 Å². The number of carbonyl (C=O) groups excluding carboxylic acids is 1. The lowest BCUT2D eigenvalue weighted by atomic mass is 10.0. The summed E-state index contributed by atoms with van der Waals surface area (Å²) in [6.45, 7) is 2.98. The molecule has 0 unspecified atom stereocenters. The van der Waals surface area contributed by atoms with Crippen molar-refractivity contribution in [3.63, 3.8) is 0 Å². The van der Waals surface area contributed by atoms with Gasteiger partial charge in [0.25, 0.3) is 5.91 Å². The van der Waals surface area contributed by atoms with Crippen LogP contribution in [0.25, 0.3) is 0 Å². The number of fused-ring (bicyclic) bond motifs is 1. The summed E-state index contributed by atoms with van der Waals surface area (Å²) in [6, 6.07) is 10.2. The second kappa shape index (κ2) is 5.96. The van der Waals surface area contributed by atoms with Gasteiger partial charge in [-0.25, -0.2) is 4.98 Å². The van der Waals surface area contributed by atoms with Gasteiger partial charge in [-0.15, -0.1) is 0 Å². The highest BCUT2D eigenvalue weighted by Gasteiger charge is 2.28. The molecule has 122 valence electrons. The van der Waals surface area contributed by atoms with Gasteiger partial charge in [-0.3, -0.25) is 9.89 Å². The van der Waals surface area contributed by atoms with Gasteiger partial charge in [-0.05, 0) is 12.5 Å². The van der Waals surface area contributed by atoms with Gasteiger partial charge in [0.15, 0.2) is 6.39 Å². The highest BCUT2D eigenvalue weighted by atomic mass is 16.3. The predicted molar refractivity (Wildman–Crippen MR) is 87.5 cm³/mol. The van der Waals surface area contributed by atoms with Gasteiger partial charge in [0.05, 0.1) is 11.4 Å². The third-order valence-electron chi connectivity index (χ3n) is 4.46. The maximum Gasteiger partial charge on any atom is 0.291 e. The van der Waals surface area contributed by atoms with E-state index in [4.69, 9.17) is 4.42 Å². The second-order valence-electron chi connectivity index (χ2n) is 6.03. The smallest absolute Gasteiger partial charge is 0.291 e. The summed E-state index contributed by atoms with van der Waals surface area (Å²) in [4.78, 5) is 18.5. The van der Waals surface area contributed by atoms with Crippen molar-refractivity contribution >= 4 is 5.91 Å². The van der Waals surface area contributed by atoms with Crippen molar-refractivity contribution in [2.45, 2.75) is 26.3 Å². The van der Waals surface area contributed by atoms with Gasteiger partial charge >= 0.3 is 0 Å². The number of amides is 1. The van der Waals surface area contributed by atoms with Crippen LogP contribution in [0.1, 0.15) is 38.8 Å². The molecule has 0 bridgehead atoms. The van der Waals surface area contributed by atoms with E-state index in [2.05, 4.69) is 27.3 Å². The summed E-state index contributed by atoms with van der Waals surface area (Å²) in [6.07, 6.45) is 2.85. The Morgan fingerprint density at radius 2 is 2.17 bits per heavy atom. The maximum atomic E-state index is 12.6. The van der Waals surface area contributed by atoms with Crippen LogP contribution in [0.2, 0.25) is 0 Å². The van der Waals surface area contributed by atoms with Crippen molar-refractivity contribution in [2.75, 3.05) is 6.54 Å². The number of carbonyl (C=O) groups is 1. The molecule has 0 fully saturated rings. The number of hydrogen-bond donors (Lipinski definition) is 1. The molecule has 0 atom stereocenters. The topological polar surface area (TPSA) is 75.0 Å². The highest BCUT2D eigenvalue weighted by Crippen LogP contribution is 2.24. The summed E-state index contributed by atoms with van der Waals surface area (Å²) in [5.74, 6) is 0.217. The minimum absolute atomic E-state index is 0.109. The summed E-state index contributed by atoms with van der Waals surface area (Å²) in [5.41, 5.74) is 5.08. The maximum absolute atomic E-state index is 12.6. The van der Waals surface area contributed by atoms with Gasteiger partial charge in [-0.1, -0.05) is 30.3 Å². The number of nitrogens with one attached hydrogen (secondary N) is 1. The number of aryl methyl sites for hydroxylation is 1. The molecule has 1 aromatic carbocycles. The van der Waals surface area contributed by atoms with E-state index in [1.807, 2.05) is 18.2 Å². The van der Waals surface area contributed by atoms with Crippen LogP contribution < -0.4 is 0 Å². The molecule has 3 aromatic rings. The van der Waals surface area contributed by atoms with Crippen molar-refractivity contribution in [3.05, 3.63) is 70.7 Å².